The van der Waals surface area contributed by atoms with Gasteiger partial charge in [-0.1, -0.05) is 45.0 Å². The molecular formula is C28H33NO5. The van der Waals surface area contributed by atoms with Crippen molar-refractivity contribution in [3.05, 3.63) is 70.3 Å². The topological polar surface area (TPSA) is 76.1 Å². The average molecular weight is 464 g/mol. The standard InChI is InChI=1S/C28H33NO5/c1-17-8-11-19(28(2,3)4)15-22(17)25(30)23-24(18-9-12-20(33-5)13-10-18)29(27(32)26(23)31)16-21-7-6-14-34-21/h8-13,15,21,24,30H,6-7,14,16H2,1-5H3/b25-23+. The van der Waals surface area contributed by atoms with E-state index < -0.39 is 17.7 Å². The molecule has 0 saturated carbocycles. The predicted octanol–water partition coefficient (Wildman–Crippen LogP) is 4.90. The molecule has 0 aliphatic carbocycles. The summed E-state index contributed by atoms with van der Waals surface area (Å²) in [6.45, 7) is 9.14. The van der Waals surface area contributed by atoms with Crippen LogP contribution in [0, 0.1) is 6.92 Å². The Balaban J connectivity index is 1.86. The summed E-state index contributed by atoms with van der Waals surface area (Å²) in [4.78, 5) is 28.1. The van der Waals surface area contributed by atoms with Gasteiger partial charge in [-0.05, 0) is 60.1 Å². The minimum absolute atomic E-state index is 0.113. The number of likely N-dealkylation sites (tertiary alicyclic amines) is 1. The van der Waals surface area contributed by atoms with Gasteiger partial charge in [0.15, 0.2) is 0 Å². The zero-order valence-electron chi connectivity index (χ0n) is 20.6. The third kappa shape index (κ3) is 4.47. The van der Waals surface area contributed by atoms with Gasteiger partial charge in [-0.2, -0.15) is 0 Å². The highest BCUT2D eigenvalue weighted by Gasteiger charge is 2.47. The Bertz CT molecular complexity index is 1120. The second kappa shape index (κ2) is 9.26. The molecule has 1 amide bonds. The van der Waals surface area contributed by atoms with Crippen LogP contribution in [0.3, 0.4) is 0 Å². The Hall–Kier alpha value is -3.12. The SMILES string of the molecule is COc1ccc(C2/C(=C(\O)c3cc(C(C)(C)C)ccc3C)C(=O)C(=O)N2CC2CCCO2)cc1. The molecule has 2 unspecified atom stereocenters. The van der Waals surface area contributed by atoms with Gasteiger partial charge in [0.25, 0.3) is 11.7 Å². The average Bonchev–Trinajstić information content (AvgIpc) is 3.40. The molecule has 0 spiro atoms. The number of aliphatic hydroxyl groups excluding tert-OH is 1. The van der Waals surface area contributed by atoms with Crippen LogP contribution in [-0.4, -0.2) is 48.1 Å². The number of Topliss-reactive ketones (excluding diaryl/α,β-unsaturated/α-hetero) is 1. The summed E-state index contributed by atoms with van der Waals surface area (Å²) in [5.74, 6) is -0.745. The van der Waals surface area contributed by atoms with Gasteiger partial charge in [0.2, 0.25) is 0 Å². The van der Waals surface area contributed by atoms with Gasteiger partial charge < -0.3 is 19.5 Å². The Morgan fingerprint density at radius 3 is 2.44 bits per heavy atom. The number of nitrogens with zero attached hydrogens (tertiary/aromatic N) is 1. The van der Waals surface area contributed by atoms with Gasteiger partial charge >= 0.3 is 0 Å². The van der Waals surface area contributed by atoms with E-state index in [4.69, 9.17) is 9.47 Å². The Labute approximate surface area is 201 Å². The molecule has 2 saturated heterocycles. The van der Waals surface area contributed by atoms with Crippen molar-refractivity contribution in [2.24, 2.45) is 0 Å². The van der Waals surface area contributed by atoms with Crippen LogP contribution < -0.4 is 4.74 Å². The molecule has 0 radical (unpaired) electrons. The fraction of sp³-hybridized carbons (Fsp3) is 0.429. The highest BCUT2D eigenvalue weighted by atomic mass is 16.5. The summed E-state index contributed by atoms with van der Waals surface area (Å²) in [7, 11) is 1.59. The summed E-state index contributed by atoms with van der Waals surface area (Å²) in [6, 6.07) is 12.5. The maximum atomic E-state index is 13.3. The number of hydrogen-bond acceptors (Lipinski definition) is 5. The fourth-order valence-corrected chi connectivity index (χ4v) is 4.70. The molecule has 6 heteroatoms. The van der Waals surface area contributed by atoms with Crippen LogP contribution in [-0.2, 0) is 19.7 Å². The molecule has 1 N–H and O–H groups in total. The van der Waals surface area contributed by atoms with E-state index in [1.165, 1.54) is 0 Å². The Morgan fingerprint density at radius 1 is 1.15 bits per heavy atom. The number of ether oxygens (including phenoxy) is 2. The molecule has 4 rings (SSSR count). The monoisotopic (exact) mass is 463 g/mol. The Kier molecular flexibility index (Phi) is 6.54. The van der Waals surface area contributed by atoms with E-state index in [1.807, 2.05) is 37.3 Å². The highest BCUT2D eigenvalue weighted by Crippen LogP contribution is 2.41. The van der Waals surface area contributed by atoms with Crippen LogP contribution in [0.1, 0.15) is 61.9 Å². The summed E-state index contributed by atoms with van der Waals surface area (Å²) in [5.41, 5.74) is 3.16. The van der Waals surface area contributed by atoms with Gasteiger partial charge in [0.1, 0.15) is 11.5 Å². The third-order valence-corrected chi connectivity index (χ3v) is 6.75. The Morgan fingerprint density at radius 2 is 1.85 bits per heavy atom. The van der Waals surface area contributed by atoms with Crippen molar-refractivity contribution in [2.75, 3.05) is 20.3 Å². The third-order valence-electron chi connectivity index (χ3n) is 6.75. The largest absolute Gasteiger partial charge is 0.507 e. The quantitative estimate of drug-likeness (QED) is 0.388. The molecule has 2 heterocycles. The molecule has 34 heavy (non-hydrogen) atoms. The second-order valence-electron chi connectivity index (χ2n) is 10.1. The zero-order valence-corrected chi connectivity index (χ0v) is 20.6. The highest BCUT2D eigenvalue weighted by molar-refractivity contribution is 6.46. The number of methoxy groups -OCH3 is 1. The van der Waals surface area contributed by atoms with Crippen molar-refractivity contribution in [3.63, 3.8) is 0 Å². The van der Waals surface area contributed by atoms with E-state index in [1.54, 1.807) is 24.1 Å². The molecule has 2 aromatic rings. The van der Waals surface area contributed by atoms with Crippen LogP contribution in [0.5, 0.6) is 5.75 Å². The van der Waals surface area contributed by atoms with E-state index in [0.717, 1.165) is 29.5 Å². The fourth-order valence-electron chi connectivity index (χ4n) is 4.70. The van der Waals surface area contributed by atoms with Crippen LogP contribution in [0.25, 0.3) is 5.76 Å². The molecule has 2 aliphatic rings. The van der Waals surface area contributed by atoms with Crippen molar-refractivity contribution in [1.82, 2.24) is 4.90 Å². The second-order valence-corrected chi connectivity index (χ2v) is 10.1. The smallest absolute Gasteiger partial charge is 0.295 e. The number of ketones is 1. The number of hydrogen-bond donors (Lipinski definition) is 1. The molecule has 6 nitrogen and oxygen atoms in total. The first-order valence-corrected chi connectivity index (χ1v) is 11.8. The number of rotatable bonds is 5. The van der Waals surface area contributed by atoms with E-state index >= 15 is 0 Å². The normalized spacial score (nSPS) is 22.4. The first kappa shape index (κ1) is 24.0. The van der Waals surface area contributed by atoms with Crippen LogP contribution in [0.2, 0.25) is 0 Å². The maximum absolute atomic E-state index is 13.3. The van der Waals surface area contributed by atoms with Crippen molar-refractivity contribution in [3.8, 4) is 5.75 Å². The number of benzene rings is 2. The van der Waals surface area contributed by atoms with Gasteiger partial charge in [-0.15, -0.1) is 0 Å². The number of amides is 1. The van der Waals surface area contributed by atoms with Crippen molar-refractivity contribution in [2.45, 2.75) is 58.1 Å². The molecule has 2 fully saturated rings. The first-order valence-electron chi connectivity index (χ1n) is 11.8. The summed E-state index contributed by atoms with van der Waals surface area (Å²) < 4.78 is 11.1. The van der Waals surface area contributed by atoms with Gasteiger partial charge in [0, 0.05) is 18.7 Å². The maximum Gasteiger partial charge on any atom is 0.295 e. The lowest BCUT2D eigenvalue weighted by Crippen LogP contribution is -2.36. The van der Waals surface area contributed by atoms with E-state index in [2.05, 4.69) is 20.8 Å². The number of carbonyl (C=O) groups is 2. The lowest BCUT2D eigenvalue weighted by atomic mass is 9.84. The molecule has 0 aromatic heterocycles. The van der Waals surface area contributed by atoms with Gasteiger partial charge in [0.05, 0.1) is 24.8 Å². The molecule has 180 valence electrons. The minimum atomic E-state index is -0.701. The van der Waals surface area contributed by atoms with Crippen LogP contribution in [0.4, 0.5) is 0 Å². The summed E-state index contributed by atoms with van der Waals surface area (Å²) >= 11 is 0. The van der Waals surface area contributed by atoms with E-state index in [9.17, 15) is 14.7 Å². The molecule has 2 aromatic carbocycles. The van der Waals surface area contributed by atoms with E-state index in [0.29, 0.717) is 24.5 Å². The number of aryl methyl sites for hydroxylation is 1. The lowest BCUT2D eigenvalue weighted by molar-refractivity contribution is -0.140. The molecular weight excluding hydrogens is 430 g/mol. The zero-order chi connectivity index (χ0) is 24.6. The van der Waals surface area contributed by atoms with E-state index in [-0.39, 0.29) is 22.9 Å². The van der Waals surface area contributed by atoms with Crippen molar-refractivity contribution in [1.29, 1.82) is 0 Å². The van der Waals surface area contributed by atoms with Gasteiger partial charge in [-0.25, -0.2) is 0 Å². The molecule has 0 bridgehead atoms. The predicted molar refractivity (Wildman–Crippen MR) is 131 cm³/mol. The number of aliphatic hydroxyl groups is 1. The number of carbonyl (C=O) groups excluding carboxylic acids is 2. The molecule has 2 atom stereocenters. The van der Waals surface area contributed by atoms with Crippen molar-refractivity contribution < 1.29 is 24.2 Å². The molecule has 2 aliphatic heterocycles. The summed E-state index contributed by atoms with van der Waals surface area (Å²) in [6.07, 6.45) is 1.65. The summed E-state index contributed by atoms with van der Waals surface area (Å²) in [5, 5.41) is 11.5. The minimum Gasteiger partial charge on any atom is -0.507 e. The van der Waals surface area contributed by atoms with Crippen LogP contribution >= 0.6 is 0 Å². The van der Waals surface area contributed by atoms with Crippen LogP contribution in [0.15, 0.2) is 48.0 Å². The first-order chi connectivity index (χ1) is 16.1. The van der Waals surface area contributed by atoms with Gasteiger partial charge in [-0.3, -0.25) is 9.59 Å². The lowest BCUT2D eigenvalue weighted by Gasteiger charge is -2.28. The van der Waals surface area contributed by atoms with Crippen molar-refractivity contribution >= 4 is 17.4 Å².